The van der Waals surface area contributed by atoms with E-state index in [1.807, 2.05) is 31.3 Å². The first-order chi connectivity index (χ1) is 16.0. The number of hydrogen-bond acceptors (Lipinski definition) is 5. The van der Waals surface area contributed by atoms with Crippen molar-refractivity contribution >= 4 is 35.1 Å². The maximum Gasteiger partial charge on any atom is 0.326 e. The van der Waals surface area contributed by atoms with Crippen LogP contribution in [0.3, 0.4) is 0 Å². The SMILES string of the molecule is CNC[C@@H]1Cc2ccccc2N1C(=O)Nc1ccc2c(c1)CN(C1CCC(=O)NC1=O)C2=O. The summed E-state index contributed by atoms with van der Waals surface area (Å²) >= 11 is 0. The van der Waals surface area contributed by atoms with Crippen LogP contribution in [0.4, 0.5) is 16.2 Å². The number of imide groups is 1. The number of piperidine rings is 1. The predicted molar refractivity (Wildman–Crippen MR) is 122 cm³/mol. The van der Waals surface area contributed by atoms with Gasteiger partial charge in [-0.3, -0.25) is 24.6 Å². The highest BCUT2D eigenvalue weighted by Gasteiger charge is 2.39. The molecule has 0 radical (unpaired) electrons. The van der Waals surface area contributed by atoms with Crippen LogP contribution >= 0.6 is 0 Å². The molecule has 9 nitrogen and oxygen atoms in total. The van der Waals surface area contributed by atoms with Crippen LogP contribution in [0, 0.1) is 0 Å². The van der Waals surface area contributed by atoms with Gasteiger partial charge in [0.25, 0.3) is 5.91 Å². The molecule has 3 N–H and O–H groups in total. The molecule has 2 aromatic carbocycles. The van der Waals surface area contributed by atoms with Crippen molar-refractivity contribution in [2.45, 2.75) is 37.9 Å². The molecule has 0 aliphatic carbocycles. The van der Waals surface area contributed by atoms with Gasteiger partial charge in [0.2, 0.25) is 11.8 Å². The Bertz CT molecular complexity index is 1160. The Morgan fingerprint density at radius 1 is 1.12 bits per heavy atom. The number of rotatable bonds is 4. The second kappa shape index (κ2) is 8.32. The van der Waals surface area contributed by atoms with E-state index in [9.17, 15) is 19.2 Å². The summed E-state index contributed by atoms with van der Waals surface area (Å²) in [5.41, 5.74) is 3.88. The molecule has 3 heterocycles. The number of urea groups is 1. The molecular weight excluding hydrogens is 422 g/mol. The summed E-state index contributed by atoms with van der Waals surface area (Å²) < 4.78 is 0. The van der Waals surface area contributed by atoms with Gasteiger partial charge >= 0.3 is 6.03 Å². The summed E-state index contributed by atoms with van der Waals surface area (Å²) in [6, 6.07) is 12.2. The van der Waals surface area contributed by atoms with E-state index in [4.69, 9.17) is 0 Å². The molecule has 5 rings (SSSR count). The smallest absolute Gasteiger partial charge is 0.322 e. The van der Waals surface area contributed by atoms with Crippen LogP contribution in [0.2, 0.25) is 0 Å². The van der Waals surface area contributed by atoms with Crippen LogP contribution in [0.1, 0.15) is 34.3 Å². The van der Waals surface area contributed by atoms with E-state index in [1.54, 1.807) is 23.1 Å². The minimum Gasteiger partial charge on any atom is -0.322 e. The quantitative estimate of drug-likeness (QED) is 0.617. The molecule has 1 unspecified atom stereocenters. The molecule has 2 atom stereocenters. The van der Waals surface area contributed by atoms with Gasteiger partial charge in [0.15, 0.2) is 0 Å². The molecule has 0 bridgehead atoms. The van der Waals surface area contributed by atoms with Crippen molar-refractivity contribution in [2.75, 3.05) is 23.8 Å². The highest BCUT2D eigenvalue weighted by molar-refractivity contribution is 6.07. The van der Waals surface area contributed by atoms with Gasteiger partial charge in [0, 0.05) is 36.4 Å². The van der Waals surface area contributed by atoms with Gasteiger partial charge in [0.1, 0.15) is 6.04 Å². The number of para-hydroxylation sites is 1. The van der Waals surface area contributed by atoms with Crippen molar-refractivity contribution in [1.82, 2.24) is 15.5 Å². The number of fused-ring (bicyclic) bond motifs is 2. The summed E-state index contributed by atoms with van der Waals surface area (Å²) in [4.78, 5) is 53.1. The molecule has 170 valence electrons. The third kappa shape index (κ3) is 3.74. The zero-order valence-electron chi connectivity index (χ0n) is 18.3. The van der Waals surface area contributed by atoms with Crippen molar-refractivity contribution in [3.05, 3.63) is 59.2 Å². The number of carbonyl (C=O) groups is 4. The fourth-order valence-corrected chi connectivity index (χ4v) is 4.97. The van der Waals surface area contributed by atoms with Crippen molar-refractivity contribution in [3.63, 3.8) is 0 Å². The van der Waals surface area contributed by atoms with Crippen LogP contribution in [0.15, 0.2) is 42.5 Å². The summed E-state index contributed by atoms with van der Waals surface area (Å²) in [6.45, 7) is 0.931. The van der Waals surface area contributed by atoms with Crippen LogP contribution in [0.25, 0.3) is 0 Å². The molecular formula is C24H25N5O4. The molecule has 0 saturated carbocycles. The van der Waals surface area contributed by atoms with Crippen LogP contribution in [0.5, 0.6) is 0 Å². The second-order valence-electron chi connectivity index (χ2n) is 8.62. The standard InChI is InChI=1S/C24H25N5O4/c1-25-12-17-11-14-4-2-3-5-19(14)29(17)24(33)26-16-6-7-18-15(10-16)13-28(23(18)32)20-8-9-21(30)27-22(20)31/h2-7,10,17,20,25H,8-9,11-13H2,1H3,(H,26,33)(H,27,30,31)/t17-,20?/m0/s1. The van der Waals surface area contributed by atoms with E-state index in [2.05, 4.69) is 16.0 Å². The van der Waals surface area contributed by atoms with E-state index < -0.39 is 11.9 Å². The largest absolute Gasteiger partial charge is 0.326 e. The molecule has 5 amide bonds. The highest BCUT2D eigenvalue weighted by Crippen LogP contribution is 2.33. The van der Waals surface area contributed by atoms with Gasteiger partial charge in [0.05, 0.1) is 6.04 Å². The van der Waals surface area contributed by atoms with Gasteiger partial charge in [-0.15, -0.1) is 0 Å². The third-order valence-electron chi connectivity index (χ3n) is 6.51. The summed E-state index contributed by atoms with van der Waals surface area (Å²) in [5.74, 6) is -0.991. The van der Waals surface area contributed by atoms with Crippen molar-refractivity contribution < 1.29 is 19.2 Å². The van der Waals surface area contributed by atoms with E-state index in [-0.39, 0.29) is 36.9 Å². The maximum absolute atomic E-state index is 13.2. The molecule has 1 saturated heterocycles. The Morgan fingerprint density at radius 2 is 1.94 bits per heavy atom. The monoisotopic (exact) mass is 447 g/mol. The zero-order chi connectivity index (χ0) is 23.1. The normalized spacial score (nSPS) is 21.7. The fourth-order valence-electron chi connectivity index (χ4n) is 4.97. The fraction of sp³-hybridized carbons (Fsp3) is 0.333. The summed E-state index contributed by atoms with van der Waals surface area (Å²) in [6.07, 6.45) is 1.31. The van der Waals surface area contributed by atoms with E-state index in [1.165, 1.54) is 4.90 Å². The van der Waals surface area contributed by atoms with Gasteiger partial charge in [-0.05, 0) is 55.3 Å². The molecule has 1 fully saturated rings. The summed E-state index contributed by atoms with van der Waals surface area (Å²) in [7, 11) is 1.87. The Kier molecular flexibility index (Phi) is 5.33. The number of carbonyl (C=O) groups excluding carboxylic acids is 4. The first-order valence-corrected chi connectivity index (χ1v) is 11.1. The third-order valence-corrected chi connectivity index (χ3v) is 6.51. The van der Waals surface area contributed by atoms with Gasteiger partial charge in [-0.1, -0.05) is 18.2 Å². The average molecular weight is 447 g/mol. The Labute approximate surface area is 191 Å². The lowest BCUT2D eigenvalue weighted by Crippen LogP contribution is -2.52. The highest BCUT2D eigenvalue weighted by atomic mass is 16.2. The minimum absolute atomic E-state index is 0.00595. The maximum atomic E-state index is 13.2. The Morgan fingerprint density at radius 3 is 2.73 bits per heavy atom. The molecule has 9 heteroatoms. The predicted octanol–water partition coefficient (Wildman–Crippen LogP) is 1.63. The summed E-state index contributed by atoms with van der Waals surface area (Å²) in [5, 5.41) is 8.43. The number of nitrogens with zero attached hydrogens (tertiary/aromatic N) is 2. The lowest BCUT2D eigenvalue weighted by atomic mass is 10.0. The van der Waals surface area contributed by atoms with Crippen LogP contribution in [-0.2, 0) is 22.6 Å². The van der Waals surface area contributed by atoms with E-state index >= 15 is 0 Å². The van der Waals surface area contributed by atoms with Crippen LogP contribution in [-0.4, -0.2) is 54.3 Å². The van der Waals surface area contributed by atoms with Gasteiger partial charge in [-0.25, -0.2) is 4.79 Å². The van der Waals surface area contributed by atoms with Gasteiger partial charge in [-0.2, -0.15) is 0 Å². The van der Waals surface area contributed by atoms with E-state index in [0.717, 1.165) is 23.2 Å². The molecule has 0 aromatic heterocycles. The molecule has 2 aromatic rings. The van der Waals surface area contributed by atoms with Crippen molar-refractivity contribution in [1.29, 1.82) is 0 Å². The molecule has 3 aliphatic heterocycles. The lowest BCUT2D eigenvalue weighted by molar-refractivity contribution is -0.136. The number of nitrogens with one attached hydrogen (secondary N) is 3. The van der Waals surface area contributed by atoms with Crippen molar-refractivity contribution in [2.24, 2.45) is 0 Å². The van der Waals surface area contributed by atoms with E-state index in [0.29, 0.717) is 24.2 Å². The molecule has 3 aliphatic rings. The van der Waals surface area contributed by atoms with Crippen molar-refractivity contribution in [3.8, 4) is 0 Å². The first-order valence-electron chi connectivity index (χ1n) is 11.1. The van der Waals surface area contributed by atoms with Gasteiger partial charge < -0.3 is 15.5 Å². The number of likely N-dealkylation sites (N-methyl/N-ethyl adjacent to an activating group) is 1. The number of benzene rings is 2. The second-order valence-corrected chi connectivity index (χ2v) is 8.62. The topological polar surface area (TPSA) is 111 Å². The number of amides is 5. The number of anilines is 2. The lowest BCUT2D eigenvalue weighted by Gasteiger charge is -2.29. The average Bonchev–Trinajstić information content (AvgIpc) is 3.31. The minimum atomic E-state index is -0.663. The number of hydrogen-bond donors (Lipinski definition) is 3. The molecule has 0 spiro atoms. The first kappa shape index (κ1) is 21.1. The zero-order valence-corrected chi connectivity index (χ0v) is 18.3. The molecule has 33 heavy (non-hydrogen) atoms. The Hall–Kier alpha value is -3.72. The van der Waals surface area contributed by atoms with Crippen LogP contribution < -0.4 is 20.9 Å². The Balaban J connectivity index is 1.34.